The van der Waals surface area contributed by atoms with Crippen molar-refractivity contribution in [2.24, 2.45) is 17.8 Å². The number of carbonyl (C=O) groups is 11. The minimum absolute atomic E-state index is 0. The third kappa shape index (κ3) is 89.1. The van der Waals surface area contributed by atoms with E-state index in [1.165, 1.54) is 60.2 Å². The summed E-state index contributed by atoms with van der Waals surface area (Å²) in [6, 6.07) is 0. The molecule has 0 fully saturated rings. The van der Waals surface area contributed by atoms with Crippen LogP contribution in [0.5, 0.6) is 0 Å². The molecular weight excluding hydrogens is 1480 g/mol. The molecule has 9 atom stereocenters. The summed E-state index contributed by atoms with van der Waals surface area (Å²) in [7, 11) is 1.00. The molecule has 0 aromatic rings. The van der Waals surface area contributed by atoms with Gasteiger partial charge in [-0.2, -0.15) is 0 Å². The Morgan fingerprint density at radius 1 is 0.484 bits per heavy atom. The molecule has 0 aliphatic heterocycles. The molecule has 0 radical (unpaired) electrons. The molecule has 0 saturated heterocycles. The van der Waals surface area contributed by atoms with Gasteiger partial charge in [0.1, 0.15) is 52.5 Å². The third-order valence-electron chi connectivity index (χ3n) is 9.31. The zero-order valence-electron chi connectivity index (χ0n) is 57.4. The minimum Gasteiger partial charge on any atom is -1.00 e. The molecule has 0 amide bonds. The monoisotopic (exact) mass is 1570 g/mol. The SMILES string of the molecule is C=COC(=O)CCl.C=COC(C)=O.CCOC(=S)SC(C)C(C)=O.CCOC(=S)SC(CC(C)C(C)=O)OC(C)=O.CCOC(=S)SC(CC(CC(C)C(C)=O)OC(C)=O)OC(=O)CCl.CCOC(=S)SC(O)CC(CC(C)C(C)=O)OC(C)=O.CO.O=CO[O-].[H-].[K+].[K+]. The van der Waals surface area contributed by atoms with E-state index in [9.17, 15) is 53.1 Å². The molecule has 93 heavy (non-hydrogen) atoms. The standard InChI is InChI=1S/C15H23ClO6S2.C13H22O5S2.C11H18O4S2.C7H12O2S2.C4H5ClO2.C4H6O2.CH2O3.CH4O.2K.H/c1-5-20-15(23)24-14(22-13(19)8-16)7-12(21-11(4)18)6-9(2)10(3)17;1-5-17-13(19)20-12(16)7-11(18-10(4)15)6-8(2)9(3)14;1-5-14-11(16)17-10(15-9(4)13)6-7(2)8(3)12;1-4-9-7(10)11-6(3)5(2)8;1-2-7-4(6)3-5;1-3-6-4(2)5;2-1-4-3;1-2;;;/h9,12,14H,5-8H2,1-4H3;8,11-12,16H,5-7H2,1-4H3;7,10H,5-6H2,1-4H3;6H,4H2,1-3H3;2H,1,3H2;3H,1H2,2H3;1,3H;2H,1H3;;;/q;;;;;;;;2*+1;-1/p-1. The Kier molecular flexibility index (Phi) is 95.7. The number of thioether (sulfide) groups is 4. The van der Waals surface area contributed by atoms with Crippen molar-refractivity contribution in [3.63, 3.8) is 0 Å². The largest absolute Gasteiger partial charge is 1.00 e. The van der Waals surface area contributed by atoms with Gasteiger partial charge in [0.15, 0.2) is 10.9 Å². The van der Waals surface area contributed by atoms with Crippen LogP contribution in [0.3, 0.4) is 0 Å². The number of Topliss-reactive ketones (excluding diaryl/α,β-unsaturated/α-hetero) is 4. The first kappa shape index (κ1) is 113. The molecule has 25 nitrogen and oxygen atoms in total. The van der Waals surface area contributed by atoms with Crippen LogP contribution >= 0.6 is 119 Å². The fourth-order valence-electron chi connectivity index (χ4n) is 4.92. The van der Waals surface area contributed by atoms with Gasteiger partial charge in [0.05, 0.1) is 44.2 Å². The van der Waals surface area contributed by atoms with Crippen molar-refractivity contribution in [1.29, 1.82) is 0 Å². The molecule has 0 saturated carbocycles. The van der Waals surface area contributed by atoms with Gasteiger partial charge < -0.3 is 69.2 Å². The van der Waals surface area contributed by atoms with Crippen LogP contribution < -0.4 is 108 Å². The number of rotatable bonds is 31. The topological polar surface area (TPSA) is 353 Å². The number of aliphatic hydroxyl groups excluding tert-OH is 2. The van der Waals surface area contributed by atoms with E-state index in [0.29, 0.717) is 54.5 Å². The second-order valence-electron chi connectivity index (χ2n) is 16.9. The summed E-state index contributed by atoms with van der Waals surface area (Å²) in [5, 5.41) is 25.2. The van der Waals surface area contributed by atoms with Crippen molar-refractivity contribution in [2.75, 3.05) is 45.3 Å². The summed E-state index contributed by atoms with van der Waals surface area (Å²) in [6.45, 7) is 33.6. The van der Waals surface area contributed by atoms with Crippen molar-refractivity contribution >= 4 is 202 Å². The van der Waals surface area contributed by atoms with E-state index in [1.807, 2.05) is 20.8 Å². The van der Waals surface area contributed by atoms with Crippen molar-refractivity contribution in [1.82, 2.24) is 0 Å². The molecule has 0 aliphatic carbocycles. The van der Waals surface area contributed by atoms with Crippen molar-refractivity contribution < 1.29 is 225 Å². The molecule has 0 aromatic heterocycles. The van der Waals surface area contributed by atoms with E-state index in [2.05, 4.69) is 27.5 Å². The Morgan fingerprint density at radius 2 is 0.796 bits per heavy atom. The predicted molar refractivity (Wildman–Crippen MR) is 369 cm³/mol. The van der Waals surface area contributed by atoms with Crippen molar-refractivity contribution in [3.05, 3.63) is 25.7 Å². The number of thiocarbonyl (C=S) groups is 4. The molecule has 0 heterocycles. The second kappa shape index (κ2) is 78.5. The number of ketones is 4. The van der Waals surface area contributed by atoms with Crippen LogP contribution in [-0.4, -0.2) is 172 Å². The van der Waals surface area contributed by atoms with Crippen LogP contribution in [0.4, 0.5) is 0 Å². The number of ether oxygens (including phenoxy) is 10. The average Bonchev–Trinajstić information content (AvgIpc) is 1.04. The van der Waals surface area contributed by atoms with E-state index >= 15 is 0 Å². The summed E-state index contributed by atoms with van der Waals surface area (Å²) < 4.78 is 50.7. The number of hydrogen-bond donors (Lipinski definition) is 2. The van der Waals surface area contributed by atoms with Crippen molar-refractivity contribution in [2.45, 2.75) is 177 Å². The molecular formula is C56H92Cl2K2O25S8. The molecule has 530 valence electrons. The van der Waals surface area contributed by atoms with E-state index in [-0.39, 0.29) is 196 Å². The van der Waals surface area contributed by atoms with E-state index < -0.39 is 58.4 Å². The van der Waals surface area contributed by atoms with Gasteiger partial charge in [-0.05, 0) is 159 Å². The number of esters is 6. The van der Waals surface area contributed by atoms with Gasteiger partial charge in [-0.3, -0.25) is 52.7 Å². The quantitative estimate of drug-likeness (QED) is 0.00954. The number of halogens is 2. The molecule has 2 N–H and O–H groups in total. The number of carbonyl (C=O) groups excluding carboxylic acids is 11. The van der Waals surface area contributed by atoms with Crippen molar-refractivity contribution in [3.8, 4) is 0 Å². The minimum atomic E-state index is -0.836. The Morgan fingerprint density at radius 3 is 1.05 bits per heavy atom. The van der Waals surface area contributed by atoms with Crippen LogP contribution in [0.1, 0.15) is 144 Å². The molecule has 0 rings (SSSR count). The maximum absolute atomic E-state index is 11.5. The number of hydrogen-bond acceptors (Lipinski definition) is 33. The Bertz CT molecular complexity index is 2180. The maximum atomic E-state index is 11.5. The van der Waals surface area contributed by atoms with Gasteiger partial charge in [-0.1, -0.05) is 45.7 Å². The predicted octanol–water partition coefficient (Wildman–Crippen LogP) is 3.72. The average molecular weight is 1570 g/mol. The van der Waals surface area contributed by atoms with Gasteiger partial charge in [-0.15, -0.1) is 23.2 Å². The van der Waals surface area contributed by atoms with Crippen LogP contribution in [0.25, 0.3) is 0 Å². The van der Waals surface area contributed by atoms with E-state index in [0.717, 1.165) is 54.9 Å². The zero-order valence-corrected chi connectivity index (χ0v) is 70.7. The molecule has 37 heteroatoms. The van der Waals surface area contributed by atoms with E-state index in [4.69, 9.17) is 125 Å². The van der Waals surface area contributed by atoms with E-state index in [1.54, 1.807) is 41.5 Å². The van der Waals surface area contributed by atoms with Gasteiger partial charge in [0, 0.05) is 71.8 Å². The molecule has 0 bridgehead atoms. The molecule has 0 aliphatic rings. The third-order valence-corrected chi connectivity index (χ3v) is 14.9. The summed E-state index contributed by atoms with van der Waals surface area (Å²) >= 11 is 34.7. The fourth-order valence-corrected chi connectivity index (χ4v) is 10.1. The van der Waals surface area contributed by atoms with Crippen LogP contribution in [0, 0.1) is 17.8 Å². The number of alkyl halides is 2. The van der Waals surface area contributed by atoms with Gasteiger partial charge in [-0.25, -0.2) is 0 Å². The Hall–Kier alpha value is -0.857. The zero-order chi connectivity index (χ0) is 72.8. The van der Waals surface area contributed by atoms with Crippen LogP contribution in [0.2, 0.25) is 0 Å². The summed E-state index contributed by atoms with van der Waals surface area (Å²) in [5.74, 6) is -3.64. The Balaban J connectivity index is -0.0000000999. The first-order chi connectivity index (χ1) is 42.4. The smallest absolute Gasteiger partial charge is 1.00 e. The molecule has 0 spiro atoms. The summed E-state index contributed by atoms with van der Waals surface area (Å²) in [4.78, 5) is 120. The molecule has 9 unspecified atom stereocenters. The first-order valence-corrected chi connectivity index (χ1v) is 33.2. The van der Waals surface area contributed by atoms with Gasteiger partial charge in [0.25, 0.3) is 6.47 Å². The fraction of sp³-hybridized carbons (Fsp3) is 0.661. The Labute approximate surface area is 683 Å². The van der Waals surface area contributed by atoms with Gasteiger partial charge in [0.2, 0.25) is 17.5 Å². The number of aliphatic hydroxyl groups is 2. The normalized spacial score (nSPS) is 12.2. The second-order valence-corrected chi connectivity index (χ2v) is 24.7. The van der Waals surface area contributed by atoms with Crippen LogP contribution in [-0.2, 0) is 105 Å². The summed E-state index contributed by atoms with van der Waals surface area (Å²) in [6.07, 6.45) is 2.57. The maximum Gasteiger partial charge on any atom is 1.00 e. The van der Waals surface area contributed by atoms with Crippen LogP contribution in [0.15, 0.2) is 25.7 Å². The first-order valence-electron chi connectivity index (χ1n) is 27.0. The van der Waals surface area contributed by atoms with Gasteiger partial charge >= 0.3 is 139 Å². The molecule has 0 aromatic carbocycles. The summed E-state index contributed by atoms with van der Waals surface area (Å²) in [5.41, 5.74) is -2.03.